The lowest BCUT2D eigenvalue weighted by Crippen LogP contribution is -2.43. The molecule has 3 aliphatic rings. The summed E-state index contributed by atoms with van der Waals surface area (Å²) in [6.45, 7) is 2.89. The van der Waals surface area contributed by atoms with Crippen molar-refractivity contribution in [1.82, 2.24) is 4.90 Å². The number of hydrogen-bond acceptors (Lipinski definition) is 3. The van der Waals surface area contributed by atoms with Crippen LogP contribution in [0.1, 0.15) is 38.5 Å². The van der Waals surface area contributed by atoms with Crippen LogP contribution in [0.3, 0.4) is 0 Å². The predicted octanol–water partition coefficient (Wildman–Crippen LogP) is 2.01. The molecule has 1 spiro atoms. The van der Waals surface area contributed by atoms with Gasteiger partial charge in [0.1, 0.15) is 0 Å². The van der Waals surface area contributed by atoms with Crippen LogP contribution in [0.4, 0.5) is 0 Å². The first-order chi connectivity index (χ1) is 7.77. The average molecular weight is 225 g/mol. The SMILES string of the molecule is CN(CC1CC1)C1CCC2(CC1)OCCO2. The van der Waals surface area contributed by atoms with Gasteiger partial charge in [-0.2, -0.15) is 0 Å². The van der Waals surface area contributed by atoms with Crippen molar-refractivity contribution >= 4 is 0 Å². The summed E-state index contributed by atoms with van der Waals surface area (Å²) in [4.78, 5) is 2.57. The van der Waals surface area contributed by atoms with Crippen LogP contribution in [0.25, 0.3) is 0 Å². The molecular formula is C13H23NO2. The van der Waals surface area contributed by atoms with E-state index >= 15 is 0 Å². The fourth-order valence-electron chi connectivity index (χ4n) is 3.13. The largest absolute Gasteiger partial charge is 0.348 e. The lowest BCUT2D eigenvalue weighted by Gasteiger charge is -2.39. The second kappa shape index (κ2) is 4.28. The van der Waals surface area contributed by atoms with Gasteiger partial charge in [-0.15, -0.1) is 0 Å². The second-order valence-electron chi connectivity index (χ2n) is 5.72. The number of nitrogens with zero attached hydrogens (tertiary/aromatic N) is 1. The predicted molar refractivity (Wildman–Crippen MR) is 62.2 cm³/mol. The van der Waals surface area contributed by atoms with Crippen molar-refractivity contribution in [3.05, 3.63) is 0 Å². The molecule has 0 bridgehead atoms. The Morgan fingerprint density at radius 3 is 2.25 bits per heavy atom. The van der Waals surface area contributed by atoms with Gasteiger partial charge in [-0.25, -0.2) is 0 Å². The van der Waals surface area contributed by atoms with Crippen LogP contribution < -0.4 is 0 Å². The maximum atomic E-state index is 5.76. The first kappa shape index (κ1) is 11.0. The highest BCUT2D eigenvalue weighted by Crippen LogP contribution is 2.38. The molecule has 2 aliphatic carbocycles. The van der Waals surface area contributed by atoms with E-state index in [2.05, 4.69) is 11.9 Å². The molecule has 3 rings (SSSR count). The van der Waals surface area contributed by atoms with Crippen LogP contribution in [0.15, 0.2) is 0 Å². The molecule has 16 heavy (non-hydrogen) atoms. The van der Waals surface area contributed by atoms with Gasteiger partial charge >= 0.3 is 0 Å². The molecule has 0 N–H and O–H groups in total. The Morgan fingerprint density at radius 1 is 1.06 bits per heavy atom. The molecule has 0 unspecified atom stereocenters. The molecule has 1 heterocycles. The van der Waals surface area contributed by atoms with E-state index in [1.54, 1.807) is 0 Å². The van der Waals surface area contributed by atoms with Crippen molar-refractivity contribution < 1.29 is 9.47 Å². The minimum absolute atomic E-state index is 0.184. The molecule has 1 saturated heterocycles. The van der Waals surface area contributed by atoms with Crippen LogP contribution in [-0.4, -0.2) is 43.5 Å². The van der Waals surface area contributed by atoms with Gasteiger partial charge in [0, 0.05) is 25.4 Å². The van der Waals surface area contributed by atoms with Gasteiger partial charge in [-0.1, -0.05) is 0 Å². The molecule has 3 fully saturated rings. The number of ether oxygens (including phenoxy) is 2. The fourth-order valence-corrected chi connectivity index (χ4v) is 3.13. The van der Waals surface area contributed by atoms with E-state index in [9.17, 15) is 0 Å². The van der Waals surface area contributed by atoms with E-state index in [4.69, 9.17) is 9.47 Å². The highest BCUT2D eigenvalue weighted by atomic mass is 16.7. The van der Waals surface area contributed by atoms with Gasteiger partial charge in [-0.05, 0) is 38.6 Å². The third-order valence-corrected chi connectivity index (χ3v) is 4.40. The summed E-state index contributed by atoms with van der Waals surface area (Å²) in [5, 5.41) is 0. The van der Waals surface area contributed by atoms with Gasteiger partial charge in [0.15, 0.2) is 5.79 Å². The number of rotatable bonds is 3. The summed E-state index contributed by atoms with van der Waals surface area (Å²) < 4.78 is 11.5. The van der Waals surface area contributed by atoms with Crippen molar-refractivity contribution in [1.29, 1.82) is 0 Å². The lowest BCUT2D eigenvalue weighted by molar-refractivity contribution is -0.183. The summed E-state index contributed by atoms with van der Waals surface area (Å²) in [6.07, 6.45) is 7.56. The van der Waals surface area contributed by atoms with Crippen molar-refractivity contribution in [3.8, 4) is 0 Å². The van der Waals surface area contributed by atoms with E-state index < -0.39 is 0 Å². The topological polar surface area (TPSA) is 21.7 Å². The van der Waals surface area contributed by atoms with Gasteiger partial charge < -0.3 is 14.4 Å². The quantitative estimate of drug-likeness (QED) is 0.733. The molecule has 2 saturated carbocycles. The Balaban J connectivity index is 1.49. The Bertz CT molecular complexity index is 236. The van der Waals surface area contributed by atoms with Gasteiger partial charge in [-0.3, -0.25) is 0 Å². The minimum Gasteiger partial charge on any atom is -0.348 e. The van der Waals surface area contributed by atoms with Gasteiger partial charge in [0.2, 0.25) is 0 Å². The Labute approximate surface area is 98.1 Å². The van der Waals surface area contributed by atoms with E-state index in [1.807, 2.05) is 0 Å². The Hall–Kier alpha value is -0.120. The minimum atomic E-state index is -0.184. The third kappa shape index (κ3) is 2.27. The third-order valence-electron chi connectivity index (χ3n) is 4.40. The molecule has 1 aliphatic heterocycles. The molecule has 0 aromatic carbocycles. The number of hydrogen-bond donors (Lipinski definition) is 0. The van der Waals surface area contributed by atoms with Crippen LogP contribution in [0.5, 0.6) is 0 Å². The van der Waals surface area contributed by atoms with Crippen molar-refractivity contribution in [2.24, 2.45) is 5.92 Å². The molecule has 0 aromatic heterocycles. The smallest absolute Gasteiger partial charge is 0.168 e. The van der Waals surface area contributed by atoms with E-state index in [0.29, 0.717) is 0 Å². The van der Waals surface area contributed by atoms with Gasteiger partial charge in [0.25, 0.3) is 0 Å². The maximum absolute atomic E-state index is 5.76. The Morgan fingerprint density at radius 2 is 1.69 bits per heavy atom. The molecular weight excluding hydrogens is 202 g/mol. The van der Waals surface area contributed by atoms with Crippen molar-refractivity contribution in [2.45, 2.75) is 50.4 Å². The van der Waals surface area contributed by atoms with E-state index in [-0.39, 0.29) is 5.79 Å². The zero-order valence-corrected chi connectivity index (χ0v) is 10.3. The van der Waals surface area contributed by atoms with Gasteiger partial charge in [0.05, 0.1) is 13.2 Å². The van der Waals surface area contributed by atoms with Crippen molar-refractivity contribution in [2.75, 3.05) is 26.8 Å². The zero-order chi connectivity index (χ0) is 11.0. The standard InChI is InChI=1S/C13H23NO2/c1-14(10-11-2-3-11)12-4-6-13(7-5-12)15-8-9-16-13/h11-12H,2-10H2,1H3. The summed E-state index contributed by atoms with van der Waals surface area (Å²) in [5.74, 6) is 0.816. The molecule has 3 nitrogen and oxygen atoms in total. The molecule has 0 atom stereocenters. The highest BCUT2D eigenvalue weighted by Gasteiger charge is 2.41. The molecule has 0 aromatic rings. The van der Waals surface area contributed by atoms with Crippen LogP contribution in [0.2, 0.25) is 0 Å². The van der Waals surface area contributed by atoms with E-state index in [1.165, 1.54) is 32.2 Å². The molecule has 92 valence electrons. The fraction of sp³-hybridized carbons (Fsp3) is 1.00. The van der Waals surface area contributed by atoms with Crippen molar-refractivity contribution in [3.63, 3.8) is 0 Å². The Kier molecular flexibility index (Phi) is 2.94. The van der Waals surface area contributed by atoms with Crippen LogP contribution in [0, 0.1) is 5.92 Å². The molecule has 0 radical (unpaired) electrons. The summed E-state index contributed by atoms with van der Waals surface area (Å²) in [6, 6.07) is 0.763. The monoisotopic (exact) mass is 225 g/mol. The summed E-state index contributed by atoms with van der Waals surface area (Å²) in [7, 11) is 2.29. The first-order valence-electron chi connectivity index (χ1n) is 6.76. The van der Waals surface area contributed by atoms with E-state index in [0.717, 1.165) is 38.0 Å². The van der Waals surface area contributed by atoms with Crippen LogP contribution in [-0.2, 0) is 9.47 Å². The summed E-state index contributed by atoms with van der Waals surface area (Å²) in [5.41, 5.74) is 0. The lowest BCUT2D eigenvalue weighted by atomic mass is 9.89. The summed E-state index contributed by atoms with van der Waals surface area (Å²) >= 11 is 0. The first-order valence-corrected chi connectivity index (χ1v) is 6.76. The average Bonchev–Trinajstić information content (AvgIpc) is 3.00. The maximum Gasteiger partial charge on any atom is 0.168 e. The molecule has 3 heteroatoms. The zero-order valence-electron chi connectivity index (χ0n) is 10.3. The normalized spacial score (nSPS) is 30.4. The second-order valence-corrected chi connectivity index (χ2v) is 5.72. The van der Waals surface area contributed by atoms with Crippen LogP contribution >= 0.6 is 0 Å². The highest BCUT2D eigenvalue weighted by molar-refractivity contribution is 4.87. The molecule has 0 amide bonds.